The van der Waals surface area contributed by atoms with Gasteiger partial charge in [0.05, 0.1) is 24.1 Å². The number of nitrogens with one attached hydrogen (secondary N) is 2. The topological polar surface area (TPSA) is 87.3 Å². The van der Waals surface area contributed by atoms with Crippen molar-refractivity contribution in [2.75, 3.05) is 33.4 Å². The van der Waals surface area contributed by atoms with E-state index < -0.39 is 0 Å². The van der Waals surface area contributed by atoms with Crippen LogP contribution in [-0.2, 0) is 4.74 Å². The molecule has 30 heavy (non-hydrogen) atoms. The molecule has 2 aromatic carbocycles. The van der Waals surface area contributed by atoms with Crippen LogP contribution in [-0.4, -0.2) is 60.3 Å². The molecule has 156 valence electrons. The fraction of sp³-hybridized carbons (Fsp3) is 0.348. The van der Waals surface area contributed by atoms with Crippen molar-refractivity contribution < 1.29 is 14.3 Å². The summed E-state index contributed by atoms with van der Waals surface area (Å²) in [7, 11) is 1.60. The maximum Gasteiger partial charge on any atom is 0.254 e. The summed E-state index contributed by atoms with van der Waals surface area (Å²) in [6.07, 6.45) is 3.34. The summed E-state index contributed by atoms with van der Waals surface area (Å²) < 4.78 is 4.98. The lowest BCUT2D eigenvalue weighted by Crippen LogP contribution is -2.39. The van der Waals surface area contributed by atoms with E-state index in [2.05, 4.69) is 15.5 Å². The molecule has 3 aromatic rings. The lowest BCUT2D eigenvalue weighted by molar-refractivity contribution is 0.0706. The number of aromatic nitrogens is 2. The average Bonchev–Trinajstić information content (AvgIpc) is 3.28. The van der Waals surface area contributed by atoms with E-state index >= 15 is 0 Å². The van der Waals surface area contributed by atoms with Crippen LogP contribution in [0.1, 0.15) is 45.2 Å². The van der Waals surface area contributed by atoms with Crippen LogP contribution in [0.25, 0.3) is 10.8 Å². The van der Waals surface area contributed by atoms with Crippen molar-refractivity contribution in [2.24, 2.45) is 0 Å². The van der Waals surface area contributed by atoms with Gasteiger partial charge in [-0.2, -0.15) is 5.10 Å². The molecule has 7 heteroatoms. The Morgan fingerprint density at radius 2 is 2.07 bits per heavy atom. The third-order valence-corrected chi connectivity index (χ3v) is 5.62. The molecule has 0 bridgehead atoms. The van der Waals surface area contributed by atoms with Crippen LogP contribution >= 0.6 is 0 Å². The number of fused-ring (bicyclic) bond motifs is 1. The maximum atomic E-state index is 13.2. The van der Waals surface area contributed by atoms with Gasteiger partial charge in [-0.3, -0.25) is 14.7 Å². The standard InChI is InChI=1S/C23H26N4O3/c1-30-12-10-24-22(28)20-14-25-26-21(20)19-7-4-11-27(15-19)23(29)18-9-8-16-5-2-3-6-17(16)13-18/h2-3,5-6,8-9,13-14,19H,4,7,10-12,15H2,1H3,(H,24,28)(H,25,26)/t19-/m1/s1. The van der Waals surface area contributed by atoms with Crippen LogP contribution in [0.4, 0.5) is 0 Å². The van der Waals surface area contributed by atoms with E-state index in [-0.39, 0.29) is 17.7 Å². The number of ether oxygens (including phenoxy) is 1. The number of carbonyl (C=O) groups is 2. The average molecular weight is 406 g/mol. The number of methoxy groups -OCH3 is 1. The number of carbonyl (C=O) groups excluding carboxylic acids is 2. The second kappa shape index (κ2) is 9.09. The van der Waals surface area contributed by atoms with Crippen molar-refractivity contribution in [1.82, 2.24) is 20.4 Å². The summed E-state index contributed by atoms with van der Waals surface area (Å²) in [4.78, 5) is 27.5. The molecule has 0 radical (unpaired) electrons. The van der Waals surface area contributed by atoms with Gasteiger partial charge < -0.3 is 15.0 Å². The molecular formula is C23H26N4O3. The van der Waals surface area contributed by atoms with E-state index in [4.69, 9.17) is 4.74 Å². The highest BCUT2D eigenvalue weighted by Crippen LogP contribution is 2.29. The first-order valence-corrected chi connectivity index (χ1v) is 10.3. The Balaban J connectivity index is 1.49. The Morgan fingerprint density at radius 1 is 1.23 bits per heavy atom. The molecule has 2 N–H and O–H groups in total. The number of hydrogen-bond donors (Lipinski definition) is 2. The molecule has 2 heterocycles. The molecule has 1 saturated heterocycles. The largest absolute Gasteiger partial charge is 0.383 e. The minimum Gasteiger partial charge on any atom is -0.383 e. The molecular weight excluding hydrogens is 380 g/mol. The Kier molecular flexibility index (Phi) is 6.09. The predicted molar refractivity (Wildman–Crippen MR) is 115 cm³/mol. The molecule has 1 aliphatic heterocycles. The molecule has 4 rings (SSSR count). The zero-order chi connectivity index (χ0) is 20.9. The van der Waals surface area contributed by atoms with Gasteiger partial charge in [-0.25, -0.2) is 0 Å². The lowest BCUT2D eigenvalue weighted by Gasteiger charge is -2.32. The second-order valence-electron chi connectivity index (χ2n) is 7.60. The van der Waals surface area contributed by atoms with Crippen LogP contribution in [0.3, 0.4) is 0 Å². The number of piperidine rings is 1. The third kappa shape index (κ3) is 4.21. The van der Waals surface area contributed by atoms with Gasteiger partial charge in [0, 0.05) is 38.2 Å². The molecule has 0 aliphatic carbocycles. The molecule has 7 nitrogen and oxygen atoms in total. The van der Waals surface area contributed by atoms with Crippen LogP contribution in [0, 0.1) is 0 Å². The van der Waals surface area contributed by atoms with E-state index in [1.165, 1.54) is 0 Å². The van der Waals surface area contributed by atoms with Crippen molar-refractivity contribution >= 4 is 22.6 Å². The first-order chi connectivity index (χ1) is 14.7. The molecule has 0 saturated carbocycles. The number of hydrogen-bond acceptors (Lipinski definition) is 4. The predicted octanol–water partition coefficient (Wildman–Crippen LogP) is 2.96. The number of rotatable bonds is 6. The smallest absolute Gasteiger partial charge is 0.254 e. The highest BCUT2D eigenvalue weighted by Gasteiger charge is 2.29. The highest BCUT2D eigenvalue weighted by molar-refractivity contribution is 5.99. The number of nitrogens with zero attached hydrogens (tertiary/aromatic N) is 2. The summed E-state index contributed by atoms with van der Waals surface area (Å²) in [5.41, 5.74) is 2.02. The first kappa shape index (κ1) is 20.1. The number of amides is 2. The Labute approximate surface area is 175 Å². The Hall–Kier alpha value is -3.19. The van der Waals surface area contributed by atoms with Crippen LogP contribution in [0.5, 0.6) is 0 Å². The van der Waals surface area contributed by atoms with Gasteiger partial charge in [-0.15, -0.1) is 0 Å². The van der Waals surface area contributed by atoms with Gasteiger partial charge in [0.25, 0.3) is 11.8 Å². The quantitative estimate of drug-likeness (QED) is 0.616. The summed E-state index contributed by atoms with van der Waals surface area (Å²) >= 11 is 0. The van der Waals surface area contributed by atoms with Gasteiger partial charge in [-0.1, -0.05) is 30.3 Å². The molecule has 1 atom stereocenters. The van der Waals surface area contributed by atoms with Gasteiger partial charge >= 0.3 is 0 Å². The van der Waals surface area contributed by atoms with Crippen molar-refractivity contribution in [2.45, 2.75) is 18.8 Å². The zero-order valence-corrected chi connectivity index (χ0v) is 17.1. The molecule has 0 spiro atoms. The van der Waals surface area contributed by atoms with Crippen molar-refractivity contribution in [1.29, 1.82) is 0 Å². The molecule has 2 amide bonds. The normalized spacial score (nSPS) is 16.6. The molecule has 1 fully saturated rings. The van der Waals surface area contributed by atoms with Gasteiger partial charge in [-0.05, 0) is 35.7 Å². The van der Waals surface area contributed by atoms with E-state index in [1.807, 2.05) is 47.4 Å². The van der Waals surface area contributed by atoms with E-state index in [9.17, 15) is 9.59 Å². The number of likely N-dealkylation sites (tertiary alicyclic amines) is 1. The zero-order valence-electron chi connectivity index (χ0n) is 17.1. The fourth-order valence-electron chi connectivity index (χ4n) is 4.05. The highest BCUT2D eigenvalue weighted by atomic mass is 16.5. The molecule has 1 aliphatic rings. The lowest BCUT2D eigenvalue weighted by atomic mass is 9.92. The first-order valence-electron chi connectivity index (χ1n) is 10.3. The van der Waals surface area contributed by atoms with Crippen LogP contribution < -0.4 is 5.32 Å². The second-order valence-corrected chi connectivity index (χ2v) is 7.60. The fourth-order valence-corrected chi connectivity index (χ4v) is 4.05. The van der Waals surface area contributed by atoms with Crippen molar-refractivity contribution in [3.8, 4) is 0 Å². The van der Waals surface area contributed by atoms with E-state index in [1.54, 1.807) is 13.3 Å². The Bertz CT molecular complexity index is 1050. The van der Waals surface area contributed by atoms with Gasteiger partial charge in [0.1, 0.15) is 0 Å². The van der Waals surface area contributed by atoms with Crippen LogP contribution in [0.15, 0.2) is 48.7 Å². The summed E-state index contributed by atoms with van der Waals surface area (Å²) in [6, 6.07) is 13.9. The number of aromatic amines is 1. The number of benzene rings is 2. The maximum absolute atomic E-state index is 13.2. The van der Waals surface area contributed by atoms with E-state index in [0.717, 1.165) is 29.3 Å². The monoisotopic (exact) mass is 406 g/mol. The minimum absolute atomic E-state index is 0.0241. The SMILES string of the molecule is COCCNC(=O)c1cn[nH]c1[C@@H]1CCCN(C(=O)c2ccc3ccccc3c2)C1. The van der Waals surface area contributed by atoms with Gasteiger partial charge in [0.15, 0.2) is 0 Å². The van der Waals surface area contributed by atoms with Crippen molar-refractivity contribution in [3.63, 3.8) is 0 Å². The third-order valence-electron chi connectivity index (χ3n) is 5.62. The van der Waals surface area contributed by atoms with Crippen molar-refractivity contribution in [3.05, 3.63) is 65.5 Å². The summed E-state index contributed by atoms with van der Waals surface area (Å²) in [5.74, 6) is -0.0984. The number of H-pyrrole nitrogens is 1. The minimum atomic E-state index is -0.172. The molecule has 0 unspecified atom stereocenters. The summed E-state index contributed by atoms with van der Waals surface area (Å²) in [5, 5.41) is 12.1. The molecule has 1 aromatic heterocycles. The van der Waals surface area contributed by atoms with E-state index in [0.29, 0.717) is 37.4 Å². The Morgan fingerprint density at radius 3 is 2.90 bits per heavy atom. The van der Waals surface area contributed by atoms with Gasteiger partial charge in [0.2, 0.25) is 0 Å². The van der Waals surface area contributed by atoms with Crippen LogP contribution in [0.2, 0.25) is 0 Å². The summed E-state index contributed by atoms with van der Waals surface area (Å²) in [6.45, 7) is 2.17.